The molecule has 0 bridgehead atoms. The molecule has 1 aromatic rings. The van der Waals surface area contributed by atoms with E-state index in [1.165, 1.54) is 0 Å². The van der Waals surface area contributed by atoms with E-state index in [9.17, 15) is 9.59 Å². The van der Waals surface area contributed by atoms with Gasteiger partial charge in [-0.15, -0.1) is 12.4 Å². The second-order valence-electron chi connectivity index (χ2n) is 6.33. The lowest BCUT2D eigenvalue weighted by molar-refractivity contribution is -0.135. The molecule has 3 rings (SSSR count). The summed E-state index contributed by atoms with van der Waals surface area (Å²) in [6.45, 7) is 2.36. The van der Waals surface area contributed by atoms with Crippen molar-refractivity contribution in [2.24, 2.45) is 5.92 Å². The number of rotatable bonds is 3. The van der Waals surface area contributed by atoms with Crippen molar-refractivity contribution in [1.82, 2.24) is 10.2 Å². The van der Waals surface area contributed by atoms with Crippen molar-refractivity contribution in [3.8, 4) is 0 Å². The standard InChI is InChI=1S/C18H24N2O2.ClH/c21-17(14-6-2-1-3-7-14)15-9-12-20(13-10-15)18(22)16-8-4-5-11-19-16;/h1-3,6-7,15-16,19H,4-5,8-13H2;1H. The Balaban J connectivity index is 0.00000192. The predicted molar refractivity (Wildman–Crippen MR) is 93.0 cm³/mol. The lowest BCUT2D eigenvalue weighted by Gasteiger charge is -2.35. The number of nitrogens with one attached hydrogen (secondary N) is 1. The van der Waals surface area contributed by atoms with Crippen LogP contribution in [0, 0.1) is 5.92 Å². The van der Waals surface area contributed by atoms with Crippen LogP contribution in [0.15, 0.2) is 30.3 Å². The van der Waals surface area contributed by atoms with Crippen LogP contribution in [0.4, 0.5) is 0 Å². The molecule has 2 fully saturated rings. The summed E-state index contributed by atoms with van der Waals surface area (Å²) in [5.74, 6) is 0.513. The van der Waals surface area contributed by atoms with Crippen molar-refractivity contribution in [3.63, 3.8) is 0 Å². The highest BCUT2D eigenvalue weighted by Gasteiger charge is 2.31. The van der Waals surface area contributed by atoms with Gasteiger partial charge in [0.05, 0.1) is 6.04 Å². The van der Waals surface area contributed by atoms with E-state index >= 15 is 0 Å². The fourth-order valence-corrected chi connectivity index (χ4v) is 3.48. The van der Waals surface area contributed by atoms with Crippen LogP contribution >= 0.6 is 12.4 Å². The molecular formula is C18H25ClN2O2. The summed E-state index contributed by atoms with van der Waals surface area (Å²) in [4.78, 5) is 26.9. The van der Waals surface area contributed by atoms with Crippen molar-refractivity contribution in [2.75, 3.05) is 19.6 Å². The number of Topliss-reactive ketones (excluding diaryl/α,β-unsaturated/α-hetero) is 1. The summed E-state index contributed by atoms with van der Waals surface area (Å²) >= 11 is 0. The Kier molecular flexibility index (Phi) is 6.60. The number of ketones is 1. The van der Waals surface area contributed by atoms with Gasteiger partial charge in [0.1, 0.15) is 0 Å². The van der Waals surface area contributed by atoms with Crippen molar-refractivity contribution < 1.29 is 9.59 Å². The van der Waals surface area contributed by atoms with E-state index in [0.717, 1.165) is 44.2 Å². The van der Waals surface area contributed by atoms with Gasteiger partial charge >= 0.3 is 0 Å². The van der Waals surface area contributed by atoms with Crippen LogP contribution in [0.1, 0.15) is 42.5 Å². The summed E-state index contributed by atoms with van der Waals surface area (Å²) in [7, 11) is 0. The summed E-state index contributed by atoms with van der Waals surface area (Å²) in [6.07, 6.45) is 4.81. The molecule has 0 spiro atoms. The van der Waals surface area contributed by atoms with Gasteiger partial charge in [-0.3, -0.25) is 9.59 Å². The molecule has 4 nitrogen and oxygen atoms in total. The Labute approximate surface area is 144 Å². The summed E-state index contributed by atoms with van der Waals surface area (Å²) in [5, 5.41) is 3.32. The topological polar surface area (TPSA) is 49.4 Å². The van der Waals surface area contributed by atoms with Crippen molar-refractivity contribution in [3.05, 3.63) is 35.9 Å². The normalized spacial score (nSPS) is 22.3. The lowest BCUT2D eigenvalue weighted by atomic mass is 9.88. The number of halogens is 1. The summed E-state index contributed by atoms with van der Waals surface area (Å²) < 4.78 is 0. The van der Waals surface area contributed by atoms with Gasteiger partial charge in [0.25, 0.3) is 0 Å². The molecule has 0 aromatic heterocycles. The van der Waals surface area contributed by atoms with Gasteiger partial charge in [-0.1, -0.05) is 36.8 Å². The quantitative estimate of drug-likeness (QED) is 0.863. The number of hydrogen-bond donors (Lipinski definition) is 1. The molecule has 0 aliphatic carbocycles. The number of carbonyl (C=O) groups is 2. The molecule has 2 aliphatic rings. The van der Waals surface area contributed by atoms with E-state index in [1.54, 1.807) is 0 Å². The molecule has 1 N–H and O–H groups in total. The van der Waals surface area contributed by atoms with Crippen molar-refractivity contribution >= 4 is 24.1 Å². The Morgan fingerprint density at radius 3 is 2.30 bits per heavy atom. The molecule has 2 aliphatic heterocycles. The first-order chi connectivity index (χ1) is 10.8. The zero-order chi connectivity index (χ0) is 15.4. The Morgan fingerprint density at radius 2 is 1.70 bits per heavy atom. The van der Waals surface area contributed by atoms with E-state index < -0.39 is 0 Å². The van der Waals surface area contributed by atoms with Crippen LogP contribution in [-0.4, -0.2) is 42.3 Å². The first-order valence-electron chi connectivity index (χ1n) is 8.37. The maximum atomic E-state index is 12.5. The molecular weight excluding hydrogens is 312 g/mol. The molecule has 1 aromatic carbocycles. The minimum atomic E-state index is -0.00451. The van der Waals surface area contributed by atoms with E-state index in [1.807, 2.05) is 35.2 Å². The van der Waals surface area contributed by atoms with Crippen LogP contribution in [0.3, 0.4) is 0 Å². The number of hydrogen-bond acceptors (Lipinski definition) is 3. The molecule has 2 heterocycles. The molecule has 126 valence electrons. The van der Waals surface area contributed by atoms with Gasteiger partial charge in [-0.2, -0.15) is 0 Å². The average molecular weight is 337 g/mol. The van der Waals surface area contributed by atoms with E-state index in [0.29, 0.717) is 13.1 Å². The minimum absolute atomic E-state index is 0. The molecule has 0 radical (unpaired) electrons. The fraction of sp³-hybridized carbons (Fsp3) is 0.556. The van der Waals surface area contributed by atoms with E-state index in [-0.39, 0.29) is 36.1 Å². The third kappa shape index (κ3) is 4.33. The maximum Gasteiger partial charge on any atom is 0.239 e. The third-order valence-corrected chi connectivity index (χ3v) is 4.84. The minimum Gasteiger partial charge on any atom is -0.341 e. The smallest absolute Gasteiger partial charge is 0.239 e. The SMILES string of the molecule is Cl.O=C(c1ccccc1)C1CCN(C(=O)C2CCCCN2)CC1. The lowest BCUT2D eigenvalue weighted by Crippen LogP contribution is -2.51. The highest BCUT2D eigenvalue weighted by Crippen LogP contribution is 2.23. The monoisotopic (exact) mass is 336 g/mol. The maximum absolute atomic E-state index is 12.5. The highest BCUT2D eigenvalue weighted by molar-refractivity contribution is 5.98. The average Bonchev–Trinajstić information content (AvgIpc) is 2.62. The number of amides is 1. The van der Waals surface area contributed by atoms with Crippen molar-refractivity contribution in [1.29, 1.82) is 0 Å². The Bertz CT molecular complexity index is 521. The van der Waals surface area contributed by atoms with Crippen LogP contribution in [0.5, 0.6) is 0 Å². The summed E-state index contributed by atoms with van der Waals surface area (Å²) in [6, 6.07) is 9.49. The van der Waals surface area contributed by atoms with Gasteiger partial charge in [0, 0.05) is 24.6 Å². The van der Waals surface area contributed by atoms with Crippen LogP contribution in [0.2, 0.25) is 0 Å². The second-order valence-corrected chi connectivity index (χ2v) is 6.33. The van der Waals surface area contributed by atoms with Crippen LogP contribution in [0.25, 0.3) is 0 Å². The van der Waals surface area contributed by atoms with Crippen LogP contribution < -0.4 is 5.32 Å². The van der Waals surface area contributed by atoms with E-state index in [4.69, 9.17) is 0 Å². The predicted octanol–water partition coefficient (Wildman–Crippen LogP) is 2.67. The van der Waals surface area contributed by atoms with Gasteiger partial charge in [-0.25, -0.2) is 0 Å². The van der Waals surface area contributed by atoms with Gasteiger partial charge in [0.15, 0.2) is 5.78 Å². The molecule has 0 saturated carbocycles. The first-order valence-corrected chi connectivity index (χ1v) is 8.37. The van der Waals surface area contributed by atoms with Crippen molar-refractivity contribution in [2.45, 2.75) is 38.1 Å². The molecule has 1 unspecified atom stereocenters. The van der Waals surface area contributed by atoms with Gasteiger partial charge in [0.2, 0.25) is 5.91 Å². The Morgan fingerprint density at radius 1 is 1.00 bits per heavy atom. The zero-order valence-corrected chi connectivity index (χ0v) is 14.2. The Hall–Kier alpha value is -1.39. The van der Waals surface area contributed by atoms with Gasteiger partial charge < -0.3 is 10.2 Å². The van der Waals surface area contributed by atoms with Gasteiger partial charge in [-0.05, 0) is 32.2 Å². The largest absolute Gasteiger partial charge is 0.341 e. The number of nitrogens with zero attached hydrogens (tertiary/aromatic N) is 1. The molecule has 2 saturated heterocycles. The molecule has 1 amide bonds. The molecule has 5 heteroatoms. The highest BCUT2D eigenvalue weighted by atomic mass is 35.5. The summed E-state index contributed by atoms with van der Waals surface area (Å²) in [5.41, 5.74) is 0.793. The molecule has 1 atom stereocenters. The number of carbonyl (C=O) groups excluding carboxylic acids is 2. The number of likely N-dealkylation sites (tertiary alicyclic amines) is 1. The molecule has 23 heavy (non-hydrogen) atoms. The fourth-order valence-electron chi connectivity index (χ4n) is 3.48. The number of piperidine rings is 2. The zero-order valence-electron chi connectivity index (χ0n) is 13.4. The first kappa shape index (κ1) is 18.0. The van der Waals surface area contributed by atoms with Crippen LogP contribution in [-0.2, 0) is 4.79 Å². The number of benzene rings is 1. The van der Waals surface area contributed by atoms with E-state index in [2.05, 4.69) is 5.32 Å². The second kappa shape index (κ2) is 8.46. The third-order valence-electron chi connectivity index (χ3n) is 4.84.